The number of hydrogen-bond donors (Lipinski definition) is 0. The molecule has 0 aromatic heterocycles. The minimum Gasteiger partial charge on any atom is -0.344 e. The third kappa shape index (κ3) is 4.58. The zero-order valence-corrected chi connectivity index (χ0v) is 21.4. The fourth-order valence-corrected chi connectivity index (χ4v) is 5.71. The number of aryl methyl sites for hydroxylation is 1. The number of anilines is 2. The van der Waals surface area contributed by atoms with Gasteiger partial charge in [-0.3, -0.25) is 4.79 Å². The van der Waals surface area contributed by atoms with Crippen LogP contribution in [0.15, 0.2) is 71.6 Å². The van der Waals surface area contributed by atoms with Gasteiger partial charge in [0.1, 0.15) is 6.10 Å². The first-order valence-electron chi connectivity index (χ1n) is 10.7. The van der Waals surface area contributed by atoms with Crippen LogP contribution in [0.1, 0.15) is 33.2 Å². The molecule has 8 nitrogen and oxygen atoms in total. The zero-order valence-electron chi connectivity index (χ0n) is 19.7. The van der Waals surface area contributed by atoms with E-state index in [1.807, 2.05) is 0 Å². The van der Waals surface area contributed by atoms with Gasteiger partial charge in [0.2, 0.25) is 0 Å². The lowest BCUT2D eigenvalue weighted by Crippen LogP contribution is -2.36. The molecule has 0 N–H and O–H groups in total. The molecule has 1 heterocycles. The van der Waals surface area contributed by atoms with E-state index < -0.39 is 37.7 Å². The van der Waals surface area contributed by atoms with Crippen molar-refractivity contribution >= 4 is 37.4 Å². The number of rotatable bonds is 5. The first-order valence-corrected chi connectivity index (χ1v) is 13.6. The molecule has 3 aromatic rings. The van der Waals surface area contributed by atoms with Crippen molar-refractivity contribution < 1.29 is 39.0 Å². The van der Waals surface area contributed by atoms with E-state index in [1.54, 1.807) is 43.1 Å². The zero-order chi connectivity index (χ0) is 27.3. The summed E-state index contributed by atoms with van der Waals surface area (Å²) in [5, 5.41) is 0. The van der Waals surface area contributed by atoms with Crippen molar-refractivity contribution in [1.29, 1.82) is 0 Å². The van der Waals surface area contributed by atoms with Gasteiger partial charge in [-0.2, -0.15) is 21.6 Å². The molecule has 1 aliphatic heterocycles. The first-order chi connectivity index (χ1) is 17.2. The van der Waals surface area contributed by atoms with Crippen LogP contribution in [-0.2, 0) is 24.3 Å². The van der Waals surface area contributed by atoms with E-state index >= 15 is 0 Å². The first kappa shape index (κ1) is 26.6. The van der Waals surface area contributed by atoms with Crippen molar-refractivity contribution in [3.63, 3.8) is 0 Å². The fraction of sp³-hybridized carbons (Fsp3) is 0.208. The van der Waals surface area contributed by atoms with Crippen molar-refractivity contribution in [2.45, 2.75) is 23.4 Å². The third-order valence-electron chi connectivity index (χ3n) is 5.99. The van der Waals surface area contributed by atoms with E-state index in [4.69, 9.17) is 4.18 Å². The maximum atomic E-state index is 13.5. The Morgan fingerprint density at radius 3 is 2.14 bits per heavy atom. The molecule has 0 aliphatic carbocycles. The highest BCUT2D eigenvalue weighted by Gasteiger charge is 2.50. The molecule has 0 bridgehead atoms. The highest BCUT2D eigenvalue weighted by atomic mass is 32.2. The molecule has 196 valence electrons. The summed E-state index contributed by atoms with van der Waals surface area (Å²) in [6, 6.07) is 15.8. The van der Waals surface area contributed by atoms with Gasteiger partial charge in [-0.15, -0.1) is 0 Å². The number of carbonyl (C=O) groups is 1. The third-order valence-corrected chi connectivity index (χ3v) is 8.76. The number of carbonyl (C=O) groups excluding carboxylic acids is 1. The second kappa shape index (κ2) is 9.15. The SMILES string of the molecule is Cc1ccc(S(=O)(=O)N(C)C(=O)c2cccc3c2C(OS(=O)(=O)C(F)(F)F)c2ccccc2N3C)cc1. The summed E-state index contributed by atoms with van der Waals surface area (Å²) in [5.41, 5.74) is -4.91. The Kier molecular flexibility index (Phi) is 6.59. The van der Waals surface area contributed by atoms with Crippen LogP contribution >= 0.6 is 0 Å². The lowest BCUT2D eigenvalue weighted by Gasteiger charge is -2.36. The van der Waals surface area contributed by atoms with Crippen molar-refractivity contribution in [3.05, 3.63) is 89.0 Å². The van der Waals surface area contributed by atoms with Crippen molar-refractivity contribution in [2.24, 2.45) is 0 Å². The molecule has 0 spiro atoms. The Bertz CT molecular complexity index is 1590. The Balaban J connectivity index is 1.88. The van der Waals surface area contributed by atoms with E-state index in [0.29, 0.717) is 9.99 Å². The van der Waals surface area contributed by atoms with Crippen LogP contribution in [0, 0.1) is 6.92 Å². The van der Waals surface area contributed by atoms with Crippen LogP contribution in [0.4, 0.5) is 24.5 Å². The van der Waals surface area contributed by atoms with Gasteiger partial charge in [-0.25, -0.2) is 16.9 Å². The summed E-state index contributed by atoms with van der Waals surface area (Å²) in [7, 11) is -7.86. The molecule has 1 amide bonds. The lowest BCUT2D eigenvalue weighted by atomic mass is 9.89. The number of fused-ring (bicyclic) bond motifs is 2. The number of hydrogen-bond acceptors (Lipinski definition) is 7. The van der Waals surface area contributed by atoms with Gasteiger partial charge >= 0.3 is 15.6 Å². The molecule has 1 atom stereocenters. The van der Waals surface area contributed by atoms with Gasteiger partial charge in [0, 0.05) is 42.2 Å². The second-order valence-electron chi connectivity index (χ2n) is 8.32. The monoisotopic (exact) mass is 554 g/mol. The van der Waals surface area contributed by atoms with Gasteiger partial charge in [-0.1, -0.05) is 42.0 Å². The molecule has 1 aliphatic rings. The summed E-state index contributed by atoms with van der Waals surface area (Å²) in [6.45, 7) is 1.75. The number of nitrogens with zero attached hydrogens (tertiary/aromatic N) is 2. The van der Waals surface area contributed by atoms with Gasteiger partial charge < -0.3 is 4.90 Å². The van der Waals surface area contributed by atoms with E-state index in [2.05, 4.69) is 0 Å². The Morgan fingerprint density at radius 1 is 0.919 bits per heavy atom. The molecule has 13 heteroatoms. The van der Waals surface area contributed by atoms with Crippen molar-refractivity contribution in [1.82, 2.24) is 4.31 Å². The normalized spacial score (nSPS) is 15.6. The summed E-state index contributed by atoms with van der Waals surface area (Å²) in [6.07, 6.45) is -1.87. The van der Waals surface area contributed by atoms with Gasteiger partial charge in [0.25, 0.3) is 15.9 Å². The highest BCUT2D eigenvalue weighted by molar-refractivity contribution is 7.89. The van der Waals surface area contributed by atoms with Crippen LogP contribution in [0.3, 0.4) is 0 Å². The van der Waals surface area contributed by atoms with Gasteiger partial charge in [0.05, 0.1) is 4.90 Å². The smallest absolute Gasteiger partial charge is 0.344 e. The Morgan fingerprint density at radius 2 is 1.51 bits per heavy atom. The molecule has 4 rings (SSSR count). The largest absolute Gasteiger partial charge is 0.523 e. The fourth-order valence-electron chi connectivity index (χ4n) is 4.04. The van der Waals surface area contributed by atoms with E-state index in [9.17, 15) is 34.8 Å². The summed E-state index contributed by atoms with van der Waals surface area (Å²) in [5.74, 6) is -1.08. The molecule has 37 heavy (non-hydrogen) atoms. The van der Waals surface area contributed by atoms with Crippen LogP contribution < -0.4 is 4.90 Å². The summed E-state index contributed by atoms with van der Waals surface area (Å²) < 4.78 is 95.5. The van der Waals surface area contributed by atoms with Crippen LogP contribution in [0.25, 0.3) is 0 Å². The minimum absolute atomic E-state index is 0.0506. The van der Waals surface area contributed by atoms with E-state index in [-0.39, 0.29) is 27.3 Å². The van der Waals surface area contributed by atoms with Crippen molar-refractivity contribution in [3.8, 4) is 0 Å². The Hall–Kier alpha value is -3.42. The van der Waals surface area contributed by atoms with Crippen LogP contribution in [0.5, 0.6) is 0 Å². The van der Waals surface area contributed by atoms with Crippen molar-refractivity contribution in [2.75, 3.05) is 19.0 Å². The summed E-state index contributed by atoms with van der Waals surface area (Å²) in [4.78, 5) is 14.9. The lowest BCUT2D eigenvalue weighted by molar-refractivity contribution is -0.0563. The molecular formula is C24H21F3N2O6S2. The average Bonchev–Trinajstić information content (AvgIpc) is 2.84. The van der Waals surface area contributed by atoms with Gasteiger partial charge in [0.15, 0.2) is 0 Å². The minimum atomic E-state index is -6.10. The topological polar surface area (TPSA) is 101 Å². The standard InChI is InChI=1S/C24H21F3N2O6S2/c1-15-11-13-16(14-12-15)36(31,32)29(3)23(30)18-8-6-10-20-21(18)22(35-37(33,34)24(25,26)27)17-7-4-5-9-19(17)28(20)2/h4-14,22H,1-3H3. The number of halogens is 3. The van der Waals surface area contributed by atoms with E-state index in [1.165, 1.54) is 42.5 Å². The number of benzene rings is 3. The maximum Gasteiger partial charge on any atom is 0.523 e. The molecule has 1 unspecified atom stereocenters. The number of amides is 1. The average molecular weight is 555 g/mol. The second-order valence-corrected chi connectivity index (χ2v) is 11.9. The predicted octanol–water partition coefficient (Wildman–Crippen LogP) is 4.49. The van der Waals surface area contributed by atoms with Crippen LogP contribution in [-0.4, -0.2) is 46.7 Å². The van der Waals surface area contributed by atoms with Crippen LogP contribution in [0.2, 0.25) is 0 Å². The van der Waals surface area contributed by atoms with E-state index in [0.717, 1.165) is 12.6 Å². The number of sulfonamides is 1. The highest BCUT2D eigenvalue weighted by Crippen LogP contribution is 2.48. The molecule has 0 saturated heterocycles. The molecule has 0 fully saturated rings. The number of para-hydroxylation sites is 1. The summed E-state index contributed by atoms with van der Waals surface area (Å²) >= 11 is 0. The molecule has 0 radical (unpaired) electrons. The maximum absolute atomic E-state index is 13.5. The molecule has 3 aromatic carbocycles. The quantitative estimate of drug-likeness (QED) is 0.338. The molecular weight excluding hydrogens is 533 g/mol. The Labute approximate surface area is 212 Å². The van der Waals surface area contributed by atoms with Gasteiger partial charge in [-0.05, 0) is 37.3 Å². The predicted molar refractivity (Wildman–Crippen MR) is 129 cm³/mol. The molecule has 0 saturated carbocycles. The number of alkyl halides is 3.